The topological polar surface area (TPSA) is 6.48 Å². The van der Waals surface area contributed by atoms with E-state index in [-0.39, 0.29) is 0 Å². The van der Waals surface area contributed by atoms with Crippen molar-refractivity contribution in [3.8, 4) is 0 Å². The first-order valence-corrected chi connectivity index (χ1v) is 7.17. The zero-order chi connectivity index (χ0) is 11.3. The van der Waals surface area contributed by atoms with Gasteiger partial charge in [-0.15, -0.1) is 0 Å². The molecule has 0 bridgehead atoms. The van der Waals surface area contributed by atoms with E-state index in [0.29, 0.717) is 0 Å². The van der Waals surface area contributed by atoms with Crippen molar-refractivity contribution in [1.29, 1.82) is 0 Å². The smallest absolute Gasteiger partial charge is 0.00692 e. The van der Waals surface area contributed by atoms with Crippen LogP contribution >= 0.6 is 15.9 Å². The third kappa shape index (κ3) is 5.32. The van der Waals surface area contributed by atoms with Crippen LogP contribution in [0.5, 0.6) is 0 Å². The van der Waals surface area contributed by atoms with Crippen LogP contribution in [0.25, 0.3) is 0 Å². The maximum absolute atomic E-state index is 3.55. The molecule has 1 rings (SSSR count). The van der Waals surface area contributed by atoms with Gasteiger partial charge in [-0.3, -0.25) is 0 Å². The fourth-order valence-electron chi connectivity index (χ4n) is 2.36. The van der Waals surface area contributed by atoms with Crippen molar-refractivity contribution in [3.05, 3.63) is 0 Å². The Morgan fingerprint density at radius 1 is 1.33 bits per heavy atom. The Bertz CT molecular complexity index is 165. The average Bonchev–Trinajstić information content (AvgIpc) is 2.20. The molecule has 0 spiro atoms. The number of hydrogen-bond acceptors (Lipinski definition) is 2. The molecule has 1 heterocycles. The summed E-state index contributed by atoms with van der Waals surface area (Å²) < 4.78 is 0. The van der Waals surface area contributed by atoms with Crippen LogP contribution in [0, 0.1) is 11.8 Å². The molecule has 1 unspecified atom stereocenters. The van der Waals surface area contributed by atoms with Gasteiger partial charge in [-0.05, 0) is 51.9 Å². The van der Waals surface area contributed by atoms with Crippen molar-refractivity contribution in [1.82, 2.24) is 9.80 Å². The minimum Gasteiger partial charge on any atom is -0.309 e. The minimum absolute atomic E-state index is 0.787. The second-order valence-corrected chi connectivity index (χ2v) is 5.91. The first kappa shape index (κ1) is 13.5. The Morgan fingerprint density at radius 3 is 2.40 bits per heavy atom. The van der Waals surface area contributed by atoms with Crippen LogP contribution in [0.4, 0.5) is 0 Å². The van der Waals surface area contributed by atoms with Crippen molar-refractivity contribution in [2.24, 2.45) is 11.8 Å². The molecule has 1 atom stereocenters. The number of halogens is 1. The van der Waals surface area contributed by atoms with Gasteiger partial charge in [0.2, 0.25) is 0 Å². The minimum atomic E-state index is 0.787. The van der Waals surface area contributed by atoms with Gasteiger partial charge in [-0.2, -0.15) is 0 Å². The quantitative estimate of drug-likeness (QED) is 0.711. The molecule has 3 heteroatoms. The zero-order valence-corrected chi connectivity index (χ0v) is 12.0. The molecule has 0 saturated carbocycles. The fraction of sp³-hybridized carbons (Fsp3) is 1.00. The molecule has 1 saturated heterocycles. The maximum Gasteiger partial charge on any atom is 0.00692 e. The first-order chi connectivity index (χ1) is 7.11. The van der Waals surface area contributed by atoms with E-state index in [2.05, 4.69) is 46.7 Å². The number of piperidine rings is 1. The maximum atomic E-state index is 3.55. The molecule has 90 valence electrons. The lowest BCUT2D eigenvalue weighted by molar-refractivity contribution is 0.151. The molecule has 0 amide bonds. The van der Waals surface area contributed by atoms with Crippen LogP contribution in [0.15, 0.2) is 0 Å². The van der Waals surface area contributed by atoms with Crippen LogP contribution in [0.3, 0.4) is 0 Å². The van der Waals surface area contributed by atoms with Crippen molar-refractivity contribution in [2.75, 3.05) is 45.6 Å². The molecule has 1 aliphatic rings. The van der Waals surface area contributed by atoms with Gasteiger partial charge in [0.1, 0.15) is 0 Å². The molecule has 0 radical (unpaired) electrons. The predicted molar refractivity (Wildman–Crippen MR) is 70.7 cm³/mol. The van der Waals surface area contributed by atoms with Gasteiger partial charge in [0, 0.05) is 18.4 Å². The Morgan fingerprint density at radius 2 is 1.93 bits per heavy atom. The Hall–Kier alpha value is 0.400. The lowest BCUT2D eigenvalue weighted by Gasteiger charge is -2.34. The molecule has 0 N–H and O–H groups in total. The van der Waals surface area contributed by atoms with E-state index in [1.165, 1.54) is 39.0 Å². The van der Waals surface area contributed by atoms with Crippen LogP contribution in [-0.4, -0.2) is 55.4 Å². The SMILES string of the molecule is CC(CBr)CN1CCC(CN(C)C)CC1. The highest BCUT2D eigenvalue weighted by Crippen LogP contribution is 2.18. The van der Waals surface area contributed by atoms with Crippen molar-refractivity contribution >= 4 is 15.9 Å². The summed E-state index contributed by atoms with van der Waals surface area (Å²) in [6.45, 7) is 7.45. The van der Waals surface area contributed by atoms with E-state index >= 15 is 0 Å². The summed E-state index contributed by atoms with van der Waals surface area (Å²) in [6.07, 6.45) is 2.76. The van der Waals surface area contributed by atoms with Crippen LogP contribution in [0.1, 0.15) is 19.8 Å². The van der Waals surface area contributed by atoms with Gasteiger partial charge >= 0.3 is 0 Å². The van der Waals surface area contributed by atoms with Gasteiger partial charge < -0.3 is 9.80 Å². The summed E-state index contributed by atoms with van der Waals surface area (Å²) in [5, 5.41) is 1.13. The summed E-state index contributed by atoms with van der Waals surface area (Å²) in [6, 6.07) is 0. The molecule has 2 nitrogen and oxygen atoms in total. The third-order valence-corrected chi connectivity index (χ3v) is 4.27. The molecule has 1 aliphatic heterocycles. The summed E-state index contributed by atoms with van der Waals surface area (Å²) in [7, 11) is 4.36. The van der Waals surface area contributed by atoms with E-state index < -0.39 is 0 Å². The van der Waals surface area contributed by atoms with Crippen molar-refractivity contribution in [2.45, 2.75) is 19.8 Å². The summed E-state index contributed by atoms with van der Waals surface area (Å²) in [5.74, 6) is 1.71. The largest absolute Gasteiger partial charge is 0.309 e. The molecular weight excluding hydrogens is 252 g/mol. The number of likely N-dealkylation sites (tertiary alicyclic amines) is 1. The highest BCUT2D eigenvalue weighted by molar-refractivity contribution is 9.09. The number of nitrogens with zero attached hydrogens (tertiary/aromatic N) is 2. The average molecular weight is 277 g/mol. The van der Waals surface area contributed by atoms with E-state index in [0.717, 1.165) is 17.2 Å². The lowest BCUT2D eigenvalue weighted by atomic mass is 9.96. The van der Waals surface area contributed by atoms with Crippen molar-refractivity contribution < 1.29 is 0 Å². The zero-order valence-electron chi connectivity index (χ0n) is 10.4. The molecular formula is C12H25BrN2. The van der Waals surface area contributed by atoms with Crippen LogP contribution in [-0.2, 0) is 0 Å². The highest BCUT2D eigenvalue weighted by Gasteiger charge is 2.20. The molecule has 0 aromatic carbocycles. The van der Waals surface area contributed by atoms with E-state index in [1.807, 2.05) is 0 Å². The van der Waals surface area contributed by atoms with Gasteiger partial charge in [0.15, 0.2) is 0 Å². The molecule has 1 fully saturated rings. The number of hydrogen-bond donors (Lipinski definition) is 0. The van der Waals surface area contributed by atoms with E-state index in [1.54, 1.807) is 0 Å². The fourth-order valence-corrected chi connectivity index (χ4v) is 2.56. The van der Waals surface area contributed by atoms with Crippen LogP contribution < -0.4 is 0 Å². The number of rotatable bonds is 5. The Kier molecular flexibility index (Phi) is 6.17. The van der Waals surface area contributed by atoms with Crippen molar-refractivity contribution in [3.63, 3.8) is 0 Å². The highest BCUT2D eigenvalue weighted by atomic mass is 79.9. The second-order valence-electron chi connectivity index (χ2n) is 5.27. The van der Waals surface area contributed by atoms with Crippen LogP contribution in [0.2, 0.25) is 0 Å². The third-order valence-electron chi connectivity index (χ3n) is 3.16. The van der Waals surface area contributed by atoms with E-state index in [4.69, 9.17) is 0 Å². The summed E-state index contributed by atoms with van der Waals surface area (Å²) in [4.78, 5) is 4.94. The van der Waals surface area contributed by atoms with Gasteiger partial charge in [0.25, 0.3) is 0 Å². The molecule has 0 aliphatic carbocycles. The second kappa shape index (κ2) is 6.87. The van der Waals surface area contributed by atoms with Gasteiger partial charge in [-0.1, -0.05) is 22.9 Å². The Balaban J connectivity index is 2.18. The first-order valence-electron chi connectivity index (χ1n) is 6.05. The normalized spacial score (nSPS) is 22.2. The predicted octanol–water partition coefficient (Wildman–Crippen LogP) is 2.29. The number of alkyl halides is 1. The van der Waals surface area contributed by atoms with E-state index in [9.17, 15) is 0 Å². The monoisotopic (exact) mass is 276 g/mol. The molecule has 0 aromatic heterocycles. The van der Waals surface area contributed by atoms with Gasteiger partial charge in [-0.25, -0.2) is 0 Å². The standard InChI is InChI=1S/C12H25BrN2/c1-11(8-13)9-15-6-4-12(5-7-15)10-14(2)3/h11-12H,4-10H2,1-3H3. The molecule has 15 heavy (non-hydrogen) atoms. The Labute approximate surface area is 103 Å². The summed E-state index contributed by atoms with van der Waals surface area (Å²) in [5.41, 5.74) is 0. The summed E-state index contributed by atoms with van der Waals surface area (Å²) >= 11 is 3.55. The van der Waals surface area contributed by atoms with Gasteiger partial charge in [0.05, 0.1) is 0 Å². The lowest BCUT2D eigenvalue weighted by Crippen LogP contribution is -2.39. The molecule has 0 aromatic rings.